The Morgan fingerprint density at radius 2 is 2.39 bits per heavy atom. The molecule has 1 fully saturated rings. The van der Waals surface area contributed by atoms with Crippen molar-refractivity contribution in [3.63, 3.8) is 0 Å². The van der Waals surface area contributed by atoms with E-state index < -0.39 is 0 Å². The van der Waals surface area contributed by atoms with Gasteiger partial charge in [-0.2, -0.15) is 0 Å². The van der Waals surface area contributed by atoms with Crippen molar-refractivity contribution in [2.75, 3.05) is 19.6 Å². The second-order valence-corrected chi connectivity index (χ2v) is 4.84. The van der Waals surface area contributed by atoms with E-state index in [0.29, 0.717) is 6.04 Å². The van der Waals surface area contributed by atoms with Crippen molar-refractivity contribution in [1.82, 2.24) is 24.6 Å². The van der Waals surface area contributed by atoms with E-state index in [4.69, 9.17) is 0 Å². The highest BCUT2D eigenvalue weighted by Gasteiger charge is 2.24. The van der Waals surface area contributed by atoms with E-state index >= 15 is 0 Å². The summed E-state index contributed by atoms with van der Waals surface area (Å²) in [7, 11) is 0. The molecule has 0 aliphatic carbocycles. The Kier molecular flexibility index (Phi) is 3.25. The molecule has 0 bridgehead atoms. The molecule has 0 saturated carbocycles. The number of rotatable bonds is 5. The molecule has 2 aromatic rings. The van der Waals surface area contributed by atoms with Crippen molar-refractivity contribution >= 4 is 5.78 Å². The zero-order valence-electron chi connectivity index (χ0n) is 10.7. The van der Waals surface area contributed by atoms with Crippen LogP contribution in [0.4, 0.5) is 0 Å². The molecule has 0 unspecified atom stereocenters. The standard InChI is InChI=1S/C13H19N5/c1-2-5-17(12-7-14-8-12)9-11-10-18-6-3-4-15-13(18)16-11/h3-4,6,10,12,14H,2,5,7-9H2,1H3. The first-order valence-corrected chi connectivity index (χ1v) is 6.60. The molecule has 1 aliphatic heterocycles. The van der Waals surface area contributed by atoms with Crippen LogP contribution in [0, 0.1) is 0 Å². The van der Waals surface area contributed by atoms with Crippen molar-refractivity contribution in [2.24, 2.45) is 0 Å². The van der Waals surface area contributed by atoms with Crippen molar-refractivity contribution in [3.05, 3.63) is 30.4 Å². The van der Waals surface area contributed by atoms with Crippen LogP contribution in [-0.2, 0) is 6.54 Å². The third kappa shape index (κ3) is 2.23. The van der Waals surface area contributed by atoms with Crippen LogP contribution in [0.25, 0.3) is 5.78 Å². The van der Waals surface area contributed by atoms with Crippen molar-refractivity contribution in [3.8, 4) is 0 Å². The third-order valence-corrected chi connectivity index (χ3v) is 3.44. The van der Waals surface area contributed by atoms with Gasteiger partial charge in [-0.25, -0.2) is 9.97 Å². The molecule has 2 aromatic heterocycles. The lowest BCUT2D eigenvalue weighted by Gasteiger charge is -2.37. The second-order valence-electron chi connectivity index (χ2n) is 4.84. The van der Waals surface area contributed by atoms with Gasteiger partial charge in [-0.05, 0) is 19.0 Å². The van der Waals surface area contributed by atoms with Gasteiger partial charge in [0.1, 0.15) is 0 Å². The molecule has 1 aliphatic rings. The molecule has 0 atom stereocenters. The first-order chi connectivity index (χ1) is 8.86. The van der Waals surface area contributed by atoms with E-state index in [1.54, 1.807) is 6.20 Å². The van der Waals surface area contributed by atoms with Crippen LogP contribution in [-0.4, -0.2) is 44.9 Å². The SMILES string of the molecule is CCCN(Cc1cn2cccnc2n1)C1CNC1. The molecule has 0 aromatic carbocycles. The maximum atomic E-state index is 4.57. The lowest BCUT2D eigenvalue weighted by atomic mass is 10.1. The fourth-order valence-corrected chi connectivity index (χ4v) is 2.37. The summed E-state index contributed by atoms with van der Waals surface area (Å²) in [5, 5.41) is 3.33. The van der Waals surface area contributed by atoms with Crippen LogP contribution in [0.2, 0.25) is 0 Å². The minimum Gasteiger partial charge on any atom is -0.314 e. The van der Waals surface area contributed by atoms with E-state index in [9.17, 15) is 0 Å². The highest BCUT2D eigenvalue weighted by molar-refractivity contribution is 5.29. The molecule has 96 valence electrons. The predicted octanol–water partition coefficient (Wildman–Crippen LogP) is 0.913. The van der Waals surface area contributed by atoms with E-state index in [-0.39, 0.29) is 0 Å². The van der Waals surface area contributed by atoms with E-state index in [1.165, 1.54) is 6.42 Å². The number of hydrogen-bond acceptors (Lipinski definition) is 4. The maximum absolute atomic E-state index is 4.57. The largest absolute Gasteiger partial charge is 0.314 e. The quantitative estimate of drug-likeness (QED) is 0.850. The van der Waals surface area contributed by atoms with Gasteiger partial charge in [0.05, 0.1) is 5.69 Å². The zero-order valence-corrected chi connectivity index (χ0v) is 10.7. The van der Waals surface area contributed by atoms with Gasteiger partial charge in [-0.3, -0.25) is 9.30 Å². The highest BCUT2D eigenvalue weighted by Crippen LogP contribution is 2.12. The number of aromatic nitrogens is 3. The Balaban J connectivity index is 1.76. The first kappa shape index (κ1) is 11.6. The van der Waals surface area contributed by atoms with E-state index in [0.717, 1.165) is 37.7 Å². The summed E-state index contributed by atoms with van der Waals surface area (Å²) in [5.74, 6) is 0.788. The average Bonchev–Trinajstić information content (AvgIpc) is 2.69. The number of nitrogens with one attached hydrogen (secondary N) is 1. The molecule has 0 radical (unpaired) electrons. The van der Waals surface area contributed by atoms with Gasteiger partial charge in [0.25, 0.3) is 0 Å². The lowest BCUT2D eigenvalue weighted by Crippen LogP contribution is -2.57. The molecule has 5 heteroatoms. The molecular formula is C13H19N5. The van der Waals surface area contributed by atoms with Gasteiger partial charge in [0, 0.05) is 44.3 Å². The minimum absolute atomic E-state index is 0.669. The Morgan fingerprint density at radius 3 is 3.06 bits per heavy atom. The fraction of sp³-hybridized carbons (Fsp3) is 0.538. The Morgan fingerprint density at radius 1 is 1.50 bits per heavy atom. The second kappa shape index (κ2) is 5.04. The summed E-state index contributed by atoms with van der Waals surface area (Å²) >= 11 is 0. The number of fused-ring (bicyclic) bond motifs is 1. The molecular weight excluding hydrogens is 226 g/mol. The summed E-state index contributed by atoms with van der Waals surface area (Å²) in [6, 6.07) is 2.60. The van der Waals surface area contributed by atoms with Gasteiger partial charge < -0.3 is 5.32 Å². The predicted molar refractivity (Wildman–Crippen MR) is 70.3 cm³/mol. The van der Waals surface area contributed by atoms with Crippen molar-refractivity contribution < 1.29 is 0 Å². The molecule has 5 nitrogen and oxygen atoms in total. The number of hydrogen-bond donors (Lipinski definition) is 1. The first-order valence-electron chi connectivity index (χ1n) is 6.60. The third-order valence-electron chi connectivity index (χ3n) is 3.44. The van der Waals surface area contributed by atoms with Gasteiger partial charge in [0.15, 0.2) is 0 Å². The lowest BCUT2D eigenvalue weighted by molar-refractivity contribution is 0.136. The van der Waals surface area contributed by atoms with Crippen molar-refractivity contribution in [1.29, 1.82) is 0 Å². The molecule has 1 N–H and O–H groups in total. The van der Waals surface area contributed by atoms with Gasteiger partial charge in [-0.15, -0.1) is 0 Å². The molecule has 3 heterocycles. The van der Waals surface area contributed by atoms with E-state index in [2.05, 4.69) is 33.3 Å². The topological polar surface area (TPSA) is 45.5 Å². The smallest absolute Gasteiger partial charge is 0.233 e. The maximum Gasteiger partial charge on any atom is 0.233 e. The molecule has 18 heavy (non-hydrogen) atoms. The Hall–Kier alpha value is -1.46. The summed E-state index contributed by atoms with van der Waals surface area (Å²) < 4.78 is 1.98. The molecule has 0 amide bonds. The van der Waals surface area contributed by atoms with Crippen LogP contribution in [0.15, 0.2) is 24.7 Å². The summed E-state index contributed by atoms with van der Waals surface area (Å²) in [6.45, 7) is 6.48. The van der Waals surface area contributed by atoms with Crippen LogP contribution >= 0.6 is 0 Å². The van der Waals surface area contributed by atoms with Crippen LogP contribution in [0.5, 0.6) is 0 Å². The summed E-state index contributed by atoms with van der Waals surface area (Å²) in [5.41, 5.74) is 1.11. The monoisotopic (exact) mass is 245 g/mol. The molecule has 0 spiro atoms. The van der Waals surface area contributed by atoms with Gasteiger partial charge in [0.2, 0.25) is 5.78 Å². The summed E-state index contributed by atoms with van der Waals surface area (Å²) in [6.07, 6.45) is 7.04. The highest BCUT2D eigenvalue weighted by atomic mass is 15.2. The van der Waals surface area contributed by atoms with E-state index in [1.807, 2.05) is 16.7 Å². The Labute approximate surface area is 107 Å². The zero-order chi connectivity index (χ0) is 12.4. The van der Waals surface area contributed by atoms with Crippen LogP contribution in [0.1, 0.15) is 19.0 Å². The van der Waals surface area contributed by atoms with Gasteiger partial charge >= 0.3 is 0 Å². The van der Waals surface area contributed by atoms with Crippen LogP contribution < -0.4 is 5.32 Å². The number of imidazole rings is 1. The van der Waals surface area contributed by atoms with Gasteiger partial charge in [-0.1, -0.05) is 6.92 Å². The molecule has 3 rings (SSSR count). The average molecular weight is 245 g/mol. The Bertz CT molecular complexity index is 484. The molecule has 1 saturated heterocycles. The van der Waals surface area contributed by atoms with Crippen molar-refractivity contribution in [2.45, 2.75) is 25.9 Å². The summed E-state index contributed by atoms with van der Waals surface area (Å²) in [4.78, 5) is 11.3. The fourth-order valence-electron chi connectivity index (χ4n) is 2.37. The normalized spacial score (nSPS) is 16.3. The minimum atomic E-state index is 0.669. The van der Waals surface area contributed by atoms with Crippen LogP contribution in [0.3, 0.4) is 0 Å². The number of nitrogens with zero attached hydrogens (tertiary/aromatic N) is 4.